The molecule has 2 rings (SSSR count). The highest BCUT2D eigenvalue weighted by Crippen LogP contribution is 2.26. The van der Waals surface area contributed by atoms with Gasteiger partial charge in [-0.1, -0.05) is 65.1 Å². The van der Waals surface area contributed by atoms with E-state index in [-0.39, 0.29) is 12.6 Å². The van der Waals surface area contributed by atoms with Crippen molar-refractivity contribution in [2.75, 3.05) is 26.7 Å². The van der Waals surface area contributed by atoms with E-state index in [4.69, 9.17) is 39.5 Å². The Labute approximate surface area is 145 Å². The Kier molecular flexibility index (Phi) is 6.21. The van der Waals surface area contributed by atoms with Gasteiger partial charge in [0.2, 0.25) is 3.79 Å². The molecule has 0 N–H and O–H groups in total. The van der Waals surface area contributed by atoms with Crippen molar-refractivity contribution in [3.63, 3.8) is 0 Å². The second-order valence-corrected chi connectivity index (χ2v) is 7.96. The summed E-state index contributed by atoms with van der Waals surface area (Å²) in [6.07, 6.45) is 0.449. The number of halogens is 3. The van der Waals surface area contributed by atoms with Crippen LogP contribution < -0.4 is 0 Å². The molecule has 1 heterocycles. The van der Waals surface area contributed by atoms with Crippen molar-refractivity contribution in [2.45, 2.75) is 22.8 Å². The second kappa shape index (κ2) is 7.73. The summed E-state index contributed by atoms with van der Waals surface area (Å²) < 4.78 is 3.43. The Morgan fingerprint density at radius 1 is 1.36 bits per heavy atom. The number of likely N-dealkylation sites (N-methyl/N-ethyl adjacent to an activating group) is 1. The number of carbonyl (C=O) groups is 1. The van der Waals surface area contributed by atoms with Crippen molar-refractivity contribution >= 4 is 40.9 Å². The second-order valence-electron chi connectivity index (χ2n) is 5.44. The number of hydrogen-bond acceptors (Lipinski definition) is 3. The van der Waals surface area contributed by atoms with Crippen molar-refractivity contribution in [2.24, 2.45) is 0 Å². The number of nitrogens with zero attached hydrogens (tertiary/aromatic N) is 2. The number of alkyl halides is 3. The molecule has 1 saturated heterocycles. The van der Waals surface area contributed by atoms with E-state index in [1.807, 2.05) is 18.2 Å². The highest BCUT2D eigenvalue weighted by Gasteiger charge is 2.30. The first-order valence-corrected chi connectivity index (χ1v) is 8.21. The molecule has 4 nitrogen and oxygen atoms in total. The van der Waals surface area contributed by atoms with Crippen molar-refractivity contribution in [1.82, 2.24) is 9.80 Å². The Morgan fingerprint density at radius 3 is 2.68 bits per heavy atom. The van der Waals surface area contributed by atoms with Gasteiger partial charge < -0.3 is 9.64 Å². The number of hydrogen-bond donors (Lipinski definition) is 0. The monoisotopic (exact) mass is 364 g/mol. The van der Waals surface area contributed by atoms with Gasteiger partial charge in [0.25, 0.3) is 0 Å². The molecular weight excluding hydrogens is 347 g/mol. The van der Waals surface area contributed by atoms with Gasteiger partial charge in [-0.3, -0.25) is 4.90 Å². The van der Waals surface area contributed by atoms with Crippen molar-refractivity contribution in [3.8, 4) is 0 Å². The lowest BCUT2D eigenvalue weighted by molar-refractivity contribution is 0.0990. The summed E-state index contributed by atoms with van der Waals surface area (Å²) in [5.41, 5.74) is 1.27. The summed E-state index contributed by atoms with van der Waals surface area (Å²) >= 11 is 16.7. The van der Waals surface area contributed by atoms with Gasteiger partial charge in [-0.15, -0.1) is 0 Å². The molecule has 1 amide bonds. The molecule has 7 heteroatoms. The molecule has 0 saturated carbocycles. The molecule has 0 bridgehead atoms. The van der Waals surface area contributed by atoms with E-state index in [9.17, 15) is 4.79 Å². The summed E-state index contributed by atoms with van der Waals surface area (Å²) in [5.74, 6) is 0. The third kappa shape index (κ3) is 5.51. The first-order chi connectivity index (χ1) is 10.3. The maximum Gasteiger partial charge on any atom is 0.409 e. The number of benzene rings is 1. The van der Waals surface area contributed by atoms with Gasteiger partial charge in [-0.2, -0.15) is 0 Å². The van der Waals surface area contributed by atoms with Gasteiger partial charge in [-0.05, 0) is 12.0 Å². The summed E-state index contributed by atoms with van der Waals surface area (Å²) in [6, 6.07) is 10.4. The molecule has 0 spiro atoms. The zero-order valence-corrected chi connectivity index (χ0v) is 14.6. The van der Waals surface area contributed by atoms with E-state index in [1.165, 1.54) is 5.56 Å². The van der Waals surface area contributed by atoms with Gasteiger partial charge in [-0.25, -0.2) is 4.79 Å². The van der Waals surface area contributed by atoms with Gasteiger partial charge >= 0.3 is 6.09 Å². The molecule has 22 heavy (non-hydrogen) atoms. The fourth-order valence-electron chi connectivity index (χ4n) is 2.51. The average Bonchev–Trinajstić information content (AvgIpc) is 2.92. The smallest absolute Gasteiger partial charge is 0.409 e. The Bertz CT molecular complexity index is 493. The van der Waals surface area contributed by atoms with Crippen LogP contribution in [-0.4, -0.2) is 52.5 Å². The predicted octanol–water partition coefficient (Wildman–Crippen LogP) is 3.70. The third-order valence-corrected chi connectivity index (χ3v) is 4.02. The number of likely N-dealkylation sites (tertiary alicyclic amines) is 1. The van der Waals surface area contributed by atoms with Crippen LogP contribution >= 0.6 is 34.8 Å². The Morgan fingerprint density at radius 2 is 2.05 bits per heavy atom. The standard InChI is InChI=1S/C15H19Cl3N2O2/c1-19(14(21)22-11-15(16,17)18)13-7-8-20(10-13)9-12-5-3-2-4-6-12/h2-6,13H,7-11H2,1H3. The molecule has 122 valence electrons. The molecule has 1 unspecified atom stereocenters. The maximum atomic E-state index is 12.0. The third-order valence-electron chi connectivity index (χ3n) is 3.69. The lowest BCUT2D eigenvalue weighted by Crippen LogP contribution is -2.40. The highest BCUT2D eigenvalue weighted by atomic mass is 35.6. The van der Waals surface area contributed by atoms with Crippen LogP contribution in [0.1, 0.15) is 12.0 Å². The highest BCUT2D eigenvalue weighted by molar-refractivity contribution is 6.67. The summed E-state index contributed by atoms with van der Waals surface area (Å²) in [6.45, 7) is 2.39. The van der Waals surface area contributed by atoms with Gasteiger partial charge in [0.1, 0.15) is 6.61 Å². The van der Waals surface area contributed by atoms with Gasteiger partial charge in [0.15, 0.2) is 0 Å². The summed E-state index contributed by atoms with van der Waals surface area (Å²) in [7, 11) is 1.72. The lowest BCUT2D eigenvalue weighted by atomic mass is 10.2. The zero-order chi connectivity index (χ0) is 16.2. The van der Waals surface area contributed by atoms with E-state index in [0.717, 1.165) is 26.1 Å². The molecule has 1 aromatic rings. The number of ether oxygens (including phenoxy) is 1. The maximum absolute atomic E-state index is 12.0. The Hall–Kier alpha value is -0.680. The average molecular weight is 366 g/mol. The minimum absolute atomic E-state index is 0.117. The topological polar surface area (TPSA) is 32.8 Å². The quantitative estimate of drug-likeness (QED) is 0.763. The first-order valence-electron chi connectivity index (χ1n) is 7.08. The minimum Gasteiger partial charge on any atom is -0.445 e. The van der Waals surface area contributed by atoms with E-state index >= 15 is 0 Å². The molecule has 0 aromatic heterocycles. The molecule has 1 aliphatic rings. The van der Waals surface area contributed by atoms with Gasteiger partial charge in [0, 0.05) is 32.7 Å². The van der Waals surface area contributed by atoms with E-state index in [0.29, 0.717) is 0 Å². The predicted molar refractivity (Wildman–Crippen MR) is 89.5 cm³/mol. The van der Waals surface area contributed by atoms with Crippen LogP contribution in [-0.2, 0) is 11.3 Å². The number of amides is 1. The minimum atomic E-state index is -1.58. The normalized spacial score (nSPS) is 19.2. The molecule has 0 aliphatic carbocycles. The van der Waals surface area contributed by atoms with Crippen LogP contribution in [0.2, 0.25) is 0 Å². The molecule has 1 atom stereocenters. The fourth-order valence-corrected chi connectivity index (χ4v) is 2.67. The van der Waals surface area contributed by atoms with Gasteiger partial charge in [0.05, 0.1) is 0 Å². The van der Waals surface area contributed by atoms with Crippen molar-refractivity contribution < 1.29 is 9.53 Å². The first kappa shape index (κ1) is 17.7. The SMILES string of the molecule is CN(C(=O)OCC(Cl)(Cl)Cl)C1CCN(Cc2ccccc2)C1. The van der Waals surface area contributed by atoms with Crippen molar-refractivity contribution in [3.05, 3.63) is 35.9 Å². The number of rotatable bonds is 4. The molecular formula is C15H19Cl3N2O2. The van der Waals surface area contributed by atoms with E-state index < -0.39 is 9.89 Å². The molecule has 0 radical (unpaired) electrons. The van der Waals surface area contributed by atoms with Crippen LogP contribution in [0.25, 0.3) is 0 Å². The Balaban J connectivity index is 1.80. The van der Waals surface area contributed by atoms with Crippen LogP contribution in [0.15, 0.2) is 30.3 Å². The summed E-state index contributed by atoms with van der Waals surface area (Å²) in [5, 5.41) is 0. The van der Waals surface area contributed by atoms with Crippen LogP contribution in [0.4, 0.5) is 4.79 Å². The van der Waals surface area contributed by atoms with Crippen LogP contribution in [0, 0.1) is 0 Å². The molecule has 1 fully saturated rings. The molecule has 1 aromatic carbocycles. The van der Waals surface area contributed by atoms with E-state index in [2.05, 4.69) is 17.0 Å². The van der Waals surface area contributed by atoms with Crippen LogP contribution in [0.3, 0.4) is 0 Å². The number of carbonyl (C=O) groups excluding carboxylic acids is 1. The summed E-state index contributed by atoms with van der Waals surface area (Å²) in [4.78, 5) is 15.9. The van der Waals surface area contributed by atoms with Crippen LogP contribution in [0.5, 0.6) is 0 Å². The van der Waals surface area contributed by atoms with E-state index in [1.54, 1.807) is 11.9 Å². The lowest BCUT2D eigenvalue weighted by Gasteiger charge is -2.25. The largest absolute Gasteiger partial charge is 0.445 e. The van der Waals surface area contributed by atoms with Crippen molar-refractivity contribution in [1.29, 1.82) is 0 Å². The zero-order valence-electron chi connectivity index (χ0n) is 12.3. The fraction of sp³-hybridized carbons (Fsp3) is 0.533. The molecule has 1 aliphatic heterocycles.